The number of aryl methyl sites for hydroxylation is 1. The largest absolute Gasteiger partial charge is 0.505 e. The highest BCUT2D eigenvalue weighted by molar-refractivity contribution is 6.32. The summed E-state index contributed by atoms with van der Waals surface area (Å²) in [6, 6.07) is 9.20. The fraction of sp³-hybridized carbons (Fsp3) is 0.367. The molecule has 0 atom stereocenters. The molecule has 3 aromatic heterocycles. The number of pyridine rings is 2. The lowest BCUT2D eigenvalue weighted by atomic mass is 10.0. The number of piperazine rings is 1. The molecule has 0 spiro atoms. The molecule has 40 heavy (non-hydrogen) atoms. The summed E-state index contributed by atoms with van der Waals surface area (Å²) in [5.41, 5.74) is 4.03. The van der Waals surface area contributed by atoms with Crippen LogP contribution in [0.25, 0.3) is 28.1 Å². The van der Waals surface area contributed by atoms with Crippen LogP contribution in [0, 0.1) is 0 Å². The third-order valence-corrected chi connectivity index (χ3v) is 7.81. The van der Waals surface area contributed by atoms with Gasteiger partial charge in [0.05, 0.1) is 16.4 Å². The van der Waals surface area contributed by atoms with Crippen molar-refractivity contribution < 1.29 is 5.11 Å². The zero-order valence-electron chi connectivity index (χ0n) is 23.9. The molecule has 10 heteroatoms. The molecule has 0 aliphatic carbocycles. The van der Waals surface area contributed by atoms with Gasteiger partial charge in [-0.3, -0.25) is 14.5 Å². The van der Waals surface area contributed by atoms with E-state index in [-0.39, 0.29) is 17.0 Å². The Morgan fingerprint density at radius 3 is 2.27 bits per heavy atom. The summed E-state index contributed by atoms with van der Waals surface area (Å²) in [6.07, 6.45) is 6.79. The van der Waals surface area contributed by atoms with Crippen molar-refractivity contribution in [1.29, 1.82) is 0 Å². The van der Waals surface area contributed by atoms with Crippen LogP contribution in [0.15, 0.2) is 59.9 Å². The average Bonchev–Trinajstić information content (AvgIpc) is 3.25. The Kier molecular flexibility index (Phi) is 7.37. The predicted molar refractivity (Wildman–Crippen MR) is 162 cm³/mol. The van der Waals surface area contributed by atoms with E-state index in [1.54, 1.807) is 50.0 Å². The van der Waals surface area contributed by atoms with Crippen molar-refractivity contribution in [1.82, 2.24) is 24.0 Å². The molecule has 9 nitrogen and oxygen atoms in total. The molecule has 0 bridgehead atoms. The van der Waals surface area contributed by atoms with E-state index in [4.69, 9.17) is 16.6 Å². The highest BCUT2D eigenvalue weighted by Gasteiger charge is 2.28. The molecule has 4 heterocycles. The first kappa shape index (κ1) is 27.7. The summed E-state index contributed by atoms with van der Waals surface area (Å²) in [5, 5.41) is 11.8. The lowest BCUT2D eigenvalue weighted by Gasteiger charge is -2.43. The Morgan fingerprint density at radius 2 is 1.68 bits per heavy atom. The molecule has 0 unspecified atom stereocenters. The van der Waals surface area contributed by atoms with Gasteiger partial charge in [0.25, 0.3) is 0 Å². The SMILES string of the molecule is CN(C)c1ncc(-c2nccc(-c3ccc(-n4ccn(C)c4=O)c(Cl)c3)c2O)cc1N1CCN(C(C)(C)C)CC1. The van der Waals surface area contributed by atoms with Crippen LogP contribution in [0.5, 0.6) is 5.75 Å². The van der Waals surface area contributed by atoms with Crippen molar-refractivity contribution in [2.75, 3.05) is 50.1 Å². The minimum atomic E-state index is -0.187. The Labute approximate surface area is 239 Å². The molecule has 1 saturated heterocycles. The van der Waals surface area contributed by atoms with Gasteiger partial charge in [-0.25, -0.2) is 9.78 Å². The minimum Gasteiger partial charge on any atom is -0.505 e. The van der Waals surface area contributed by atoms with E-state index >= 15 is 0 Å². The fourth-order valence-corrected chi connectivity index (χ4v) is 5.46. The highest BCUT2D eigenvalue weighted by Crippen LogP contribution is 2.40. The van der Waals surface area contributed by atoms with Crippen LogP contribution in [0.4, 0.5) is 11.5 Å². The van der Waals surface area contributed by atoms with Crippen molar-refractivity contribution in [3.63, 3.8) is 0 Å². The van der Waals surface area contributed by atoms with Crippen LogP contribution in [-0.2, 0) is 7.05 Å². The topological polar surface area (TPSA) is 82.7 Å². The number of halogens is 1. The van der Waals surface area contributed by atoms with E-state index in [2.05, 4.69) is 41.6 Å². The summed E-state index contributed by atoms with van der Waals surface area (Å²) in [7, 11) is 5.67. The fourth-order valence-electron chi connectivity index (χ4n) is 5.19. The quantitative estimate of drug-likeness (QED) is 0.380. The number of aromatic nitrogens is 4. The Hall–Kier alpha value is -3.82. The van der Waals surface area contributed by atoms with Gasteiger partial charge in [-0.15, -0.1) is 0 Å². The third kappa shape index (κ3) is 5.19. The van der Waals surface area contributed by atoms with Crippen molar-refractivity contribution in [3.05, 3.63) is 70.6 Å². The van der Waals surface area contributed by atoms with E-state index in [0.717, 1.165) is 48.8 Å². The zero-order chi connectivity index (χ0) is 28.8. The van der Waals surface area contributed by atoms with Crippen LogP contribution in [0.2, 0.25) is 5.02 Å². The van der Waals surface area contributed by atoms with E-state index in [9.17, 15) is 9.90 Å². The number of anilines is 2. The maximum atomic E-state index is 12.4. The maximum Gasteiger partial charge on any atom is 0.332 e. The Balaban J connectivity index is 1.50. The van der Waals surface area contributed by atoms with Crippen molar-refractivity contribution in [2.45, 2.75) is 26.3 Å². The predicted octanol–water partition coefficient (Wildman–Crippen LogP) is 4.65. The lowest BCUT2D eigenvalue weighted by Crippen LogP contribution is -2.53. The number of benzene rings is 1. The number of hydrogen-bond donors (Lipinski definition) is 1. The summed E-state index contributed by atoms with van der Waals surface area (Å²) >= 11 is 6.61. The summed E-state index contributed by atoms with van der Waals surface area (Å²) in [4.78, 5) is 28.6. The summed E-state index contributed by atoms with van der Waals surface area (Å²) < 4.78 is 2.98. The van der Waals surface area contributed by atoms with Gasteiger partial charge in [-0.05, 0) is 50.6 Å². The summed E-state index contributed by atoms with van der Waals surface area (Å²) in [6.45, 7) is 10.5. The maximum absolute atomic E-state index is 12.4. The first-order valence-electron chi connectivity index (χ1n) is 13.4. The van der Waals surface area contributed by atoms with Crippen LogP contribution in [-0.4, -0.2) is 74.9 Å². The Bertz CT molecular complexity index is 1590. The molecule has 0 saturated carbocycles. The van der Waals surface area contributed by atoms with Crippen molar-refractivity contribution in [3.8, 4) is 33.8 Å². The molecule has 0 radical (unpaired) electrons. The number of imidazole rings is 1. The molecule has 1 aromatic carbocycles. The molecule has 1 fully saturated rings. The average molecular weight is 562 g/mol. The van der Waals surface area contributed by atoms with Gasteiger partial charge in [-0.1, -0.05) is 17.7 Å². The lowest BCUT2D eigenvalue weighted by molar-refractivity contribution is 0.128. The molecule has 1 aliphatic rings. The number of nitrogens with zero attached hydrogens (tertiary/aromatic N) is 7. The molecular formula is C30H36ClN7O2. The van der Waals surface area contributed by atoms with Gasteiger partial charge < -0.3 is 19.5 Å². The van der Waals surface area contributed by atoms with Crippen molar-refractivity contribution in [2.24, 2.45) is 7.05 Å². The number of aromatic hydroxyl groups is 1. The molecule has 1 N–H and O–H groups in total. The molecule has 210 valence electrons. The standard InChI is InChI=1S/C30H36ClN7O2/c1-30(2,3)37-14-12-36(13-15-37)25-18-21(19-33-28(25)34(4)5)26-27(39)22(9-10-32-26)20-7-8-24(23(31)17-20)38-16-11-35(6)29(38)40/h7-11,16-19,39H,12-15H2,1-6H3. The van der Waals surface area contributed by atoms with Gasteiger partial charge in [0.2, 0.25) is 0 Å². The van der Waals surface area contributed by atoms with Crippen LogP contribution in [0.3, 0.4) is 0 Å². The second kappa shape index (κ2) is 10.6. The minimum absolute atomic E-state index is 0.0473. The van der Waals surface area contributed by atoms with Crippen LogP contribution < -0.4 is 15.5 Å². The molecular weight excluding hydrogens is 526 g/mol. The van der Waals surface area contributed by atoms with E-state index in [0.29, 0.717) is 22.0 Å². The van der Waals surface area contributed by atoms with E-state index < -0.39 is 0 Å². The molecule has 4 aromatic rings. The van der Waals surface area contributed by atoms with E-state index in [1.165, 1.54) is 9.13 Å². The number of rotatable bonds is 5. The first-order chi connectivity index (χ1) is 19.0. The summed E-state index contributed by atoms with van der Waals surface area (Å²) in [5.74, 6) is 0.924. The third-order valence-electron chi connectivity index (χ3n) is 7.50. The normalized spacial score (nSPS) is 14.5. The second-order valence-electron chi connectivity index (χ2n) is 11.4. The smallest absolute Gasteiger partial charge is 0.332 e. The van der Waals surface area contributed by atoms with Gasteiger partial charge in [0.15, 0.2) is 5.82 Å². The second-order valence-corrected chi connectivity index (χ2v) is 11.8. The Morgan fingerprint density at radius 1 is 0.950 bits per heavy atom. The van der Waals surface area contributed by atoms with Gasteiger partial charge in [-0.2, -0.15) is 0 Å². The number of hydrogen-bond acceptors (Lipinski definition) is 7. The monoisotopic (exact) mass is 561 g/mol. The first-order valence-corrected chi connectivity index (χ1v) is 13.7. The molecule has 5 rings (SSSR count). The van der Waals surface area contributed by atoms with E-state index in [1.807, 2.05) is 25.1 Å². The molecule has 0 amide bonds. The van der Waals surface area contributed by atoms with Crippen molar-refractivity contribution >= 4 is 23.1 Å². The molecule has 1 aliphatic heterocycles. The highest BCUT2D eigenvalue weighted by atomic mass is 35.5. The van der Waals surface area contributed by atoms with Crippen LogP contribution in [0.1, 0.15) is 20.8 Å². The van der Waals surface area contributed by atoms with Gasteiger partial charge in [0, 0.05) is 88.8 Å². The van der Waals surface area contributed by atoms with Gasteiger partial charge in [0.1, 0.15) is 11.4 Å². The zero-order valence-corrected chi connectivity index (χ0v) is 24.6. The van der Waals surface area contributed by atoms with Gasteiger partial charge >= 0.3 is 5.69 Å². The van der Waals surface area contributed by atoms with Crippen LogP contribution >= 0.6 is 11.6 Å².